The lowest BCUT2D eigenvalue weighted by Gasteiger charge is -2.35. The third-order valence-corrected chi connectivity index (χ3v) is 5.30. The summed E-state index contributed by atoms with van der Waals surface area (Å²) in [7, 11) is 0. The Bertz CT molecular complexity index is 889. The summed E-state index contributed by atoms with van der Waals surface area (Å²) in [6.07, 6.45) is 0. The Morgan fingerprint density at radius 2 is 1.79 bits per heavy atom. The molecule has 148 valence electrons. The van der Waals surface area contributed by atoms with Crippen LogP contribution in [-0.4, -0.2) is 48.5 Å². The van der Waals surface area contributed by atoms with Crippen molar-refractivity contribution in [3.63, 3.8) is 0 Å². The molecule has 0 aromatic heterocycles. The quantitative estimate of drug-likeness (QED) is 0.631. The fourth-order valence-corrected chi connectivity index (χ4v) is 3.50. The third kappa shape index (κ3) is 4.31. The van der Waals surface area contributed by atoms with Crippen molar-refractivity contribution >= 4 is 23.0 Å². The van der Waals surface area contributed by atoms with Crippen molar-refractivity contribution in [3.8, 4) is 0 Å². The van der Waals surface area contributed by atoms with Gasteiger partial charge in [0.15, 0.2) is 0 Å². The molecule has 1 aliphatic rings. The summed E-state index contributed by atoms with van der Waals surface area (Å²) in [6.45, 7) is 11.0. The highest BCUT2D eigenvalue weighted by Gasteiger charge is 2.17. The molecule has 1 heterocycles. The summed E-state index contributed by atoms with van der Waals surface area (Å²) < 4.78 is 0. The minimum Gasteiger partial charge on any atom is -0.369 e. The van der Waals surface area contributed by atoms with E-state index in [1.807, 2.05) is 19.1 Å². The van der Waals surface area contributed by atoms with E-state index in [0.717, 1.165) is 49.7 Å². The largest absolute Gasteiger partial charge is 0.369 e. The first-order valence-electron chi connectivity index (χ1n) is 9.53. The van der Waals surface area contributed by atoms with Gasteiger partial charge >= 0.3 is 0 Å². The molecule has 0 spiro atoms. The Labute approximate surface area is 165 Å². The molecule has 7 heteroatoms. The molecule has 7 nitrogen and oxygen atoms in total. The number of nitro groups is 1. The lowest BCUT2D eigenvalue weighted by Crippen LogP contribution is -2.46. The maximum absolute atomic E-state index is 12.6. The molecule has 0 bridgehead atoms. The molecule has 0 aliphatic carbocycles. The van der Waals surface area contributed by atoms with Crippen LogP contribution in [0.2, 0.25) is 0 Å². The SMILES string of the molecule is CCN1CCN(c2ccc(NC(=O)c3ccc([N+](=O)[O-])c(C)c3)c(C)c2)CC1. The predicted molar refractivity (Wildman–Crippen MR) is 111 cm³/mol. The molecule has 1 saturated heterocycles. The van der Waals surface area contributed by atoms with Crippen LogP contribution in [0.25, 0.3) is 0 Å². The van der Waals surface area contributed by atoms with Crippen molar-refractivity contribution in [2.24, 2.45) is 0 Å². The van der Waals surface area contributed by atoms with Crippen molar-refractivity contribution in [2.45, 2.75) is 20.8 Å². The molecule has 2 aromatic rings. The fraction of sp³-hybridized carbons (Fsp3) is 0.381. The van der Waals surface area contributed by atoms with E-state index < -0.39 is 4.92 Å². The third-order valence-electron chi connectivity index (χ3n) is 5.30. The Kier molecular flexibility index (Phi) is 5.94. The molecule has 28 heavy (non-hydrogen) atoms. The molecule has 3 rings (SSSR count). The zero-order chi connectivity index (χ0) is 20.3. The number of aryl methyl sites for hydroxylation is 2. The highest BCUT2D eigenvalue weighted by Crippen LogP contribution is 2.25. The topological polar surface area (TPSA) is 78.7 Å². The molecule has 0 saturated carbocycles. The van der Waals surface area contributed by atoms with E-state index in [4.69, 9.17) is 0 Å². The van der Waals surface area contributed by atoms with Gasteiger partial charge < -0.3 is 15.1 Å². The Balaban J connectivity index is 1.70. The first-order valence-corrected chi connectivity index (χ1v) is 9.53. The predicted octanol–water partition coefficient (Wildman–Crippen LogP) is 3.61. The molecule has 0 atom stereocenters. The molecule has 1 aliphatic heterocycles. The number of nitrogens with zero attached hydrogens (tertiary/aromatic N) is 3. The second-order valence-corrected chi connectivity index (χ2v) is 7.13. The molecule has 0 radical (unpaired) electrons. The number of amides is 1. The van der Waals surface area contributed by atoms with Gasteiger partial charge in [-0.3, -0.25) is 14.9 Å². The van der Waals surface area contributed by atoms with E-state index in [-0.39, 0.29) is 11.6 Å². The van der Waals surface area contributed by atoms with E-state index in [0.29, 0.717) is 11.1 Å². The highest BCUT2D eigenvalue weighted by molar-refractivity contribution is 6.05. The molecule has 0 unspecified atom stereocenters. The summed E-state index contributed by atoms with van der Waals surface area (Å²) in [5.41, 5.74) is 3.79. The number of anilines is 2. The normalized spacial score (nSPS) is 14.8. The molecule has 1 fully saturated rings. The van der Waals surface area contributed by atoms with Crippen LogP contribution in [-0.2, 0) is 0 Å². The zero-order valence-corrected chi connectivity index (χ0v) is 16.6. The Morgan fingerprint density at radius 3 is 2.36 bits per heavy atom. The van der Waals surface area contributed by atoms with Crippen LogP contribution < -0.4 is 10.2 Å². The lowest BCUT2D eigenvalue weighted by atomic mass is 10.1. The van der Waals surface area contributed by atoms with Gasteiger partial charge in [0.2, 0.25) is 0 Å². The van der Waals surface area contributed by atoms with E-state index >= 15 is 0 Å². The summed E-state index contributed by atoms with van der Waals surface area (Å²) in [6, 6.07) is 10.5. The Hall–Kier alpha value is -2.93. The molecule has 2 aromatic carbocycles. The summed E-state index contributed by atoms with van der Waals surface area (Å²) in [4.78, 5) is 27.8. The number of carbonyl (C=O) groups is 1. The average Bonchev–Trinajstić information content (AvgIpc) is 2.69. The number of likely N-dealkylation sites (N-methyl/N-ethyl adjacent to an activating group) is 1. The highest BCUT2D eigenvalue weighted by atomic mass is 16.6. The van der Waals surface area contributed by atoms with Crippen LogP contribution in [0.1, 0.15) is 28.4 Å². The minimum atomic E-state index is -0.444. The number of nitro benzene ring substituents is 1. The van der Waals surface area contributed by atoms with Crippen molar-refractivity contribution in [2.75, 3.05) is 42.9 Å². The maximum Gasteiger partial charge on any atom is 0.272 e. The van der Waals surface area contributed by atoms with E-state index in [2.05, 4.69) is 28.1 Å². The number of benzene rings is 2. The average molecular weight is 382 g/mol. The van der Waals surface area contributed by atoms with Gasteiger partial charge in [0.05, 0.1) is 4.92 Å². The first kappa shape index (κ1) is 19.8. The van der Waals surface area contributed by atoms with Crippen LogP contribution in [0.3, 0.4) is 0 Å². The van der Waals surface area contributed by atoms with Gasteiger partial charge in [0, 0.05) is 54.7 Å². The van der Waals surface area contributed by atoms with Gasteiger partial charge in [-0.2, -0.15) is 0 Å². The molecular formula is C21H26N4O3. The van der Waals surface area contributed by atoms with E-state index in [1.54, 1.807) is 13.0 Å². The number of carbonyl (C=O) groups excluding carboxylic acids is 1. The van der Waals surface area contributed by atoms with E-state index in [9.17, 15) is 14.9 Å². The number of hydrogen-bond donors (Lipinski definition) is 1. The van der Waals surface area contributed by atoms with Gasteiger partial charge in [0.1, 0.15) is 0 Å². The van der Waals surface area contributed by atoms with Gasteiger partial charge in [0.25, 0.3) is 11.6 Å². The molecular weight excluding hydrogens is 356 g/mol. The van der Waals surface area contributed by atoms with Crippen LogP contribution in [0.5, 0.6) is 0 Å². The summed E-state index contributed by atoms with van der Waals surface area (Å²) in [5, 5.41) is 13.8. The first-order chi connectivity index (χ1) is 13.4. The zero-order valence-electron chi connectivity index (χ0n) is 16.6. The van der Waals surface area contributed by atoms with Crippen molar-refractivity contribution in [1.29, 1.82) is 0 Å². The smallest absolute Gasteiger partial charge is 0.272 e. The van der Waals surface area contributed by atoms with Gasteiger partial charge in [-0.1, -0.05) is 6.92 Å². The maximum atomic E-state index is 12.6. The van der Waals surface area contributed by atoms with Gasteiger partial charge in [-0.05, 0) is 56.3 Å². The van der Waals surface area contributed by atoms with Crippen molar-refractivity contribution in [1.82, 2.24) is 4.90 Å². The lowest BCUT2D eigenvalue weighted by molar-refractivity contribution is -0.385. The van der Waals surface area contributed by atoms with Gasteiger partial charge in [-0.15, -0.1) is 0 Å². The minimum absolute atomic E-state index is 0.0141. The van der Waals surface area contributed by atoms with Crippen LogP contribution in [0.15, 0.2) is 36.4 Å². The fourth-order valence-electron chi connectivity index (χ4n) is 3.50. The second kappa shape index (κ2) is 8.39. The number of nitrogens with one attached hydrogen (secondary N) is 1. The van der Waals surface area contributed by atoms with Crippen LogP contribution in [0.4, 0.5) is 17.1 Å². The van der Waals surface area contributed by atoms with Gasteiger partial charge in [-0.25, -0.2) is 0 Å². The summed E-state index contributed by atoms with van der Waals surface area (Å²) in [5.74, 6) is -0.273. The number of piperazine rings is 1. The van der Waals surface area contributed by atoms with Crippen molar-refractivity contribution in [3.05, 3.63) is 63.2 Å². The monoisotopic (exact) mass is 382 g/mol. The number of hydrogen-bond acceptors (Lipinski definition) is 5. The van der Waals surface area contributed by atoms with Crippen molar-refractivity contribution < 1.29 is 9.72 Å². The Morgan fingerprint density at radius 1 is 1.07 bits per heavy atom. The van der Waals surface area contributed by atoms with E-state index in [1.165, 1.54) is 12.1 Å². The van der Waals surface area contributed by atoms with Crippen LogP contribution >= 0.6 is 0 Å². The molecule has 1 amide bonds. The van der Waals surface area contributed by atoms with Crippen LogP contribution in [0, 0.1) is 24.0 Å². The summed E-state index contributed by atoms with van der Waals surface area (Å²) >= 11 is 0. The number of rotatable bonds is 5. The second-order valence-electron chi connectivity index (χ2n) is 7.13. The molecule has 1 N–H and O–H groups in total. The standard InChI is InChI=1S/C21H26N4O3/c1-4-23-9-11-24(12-10-23)18-6-7-19(15(2)14-18)22-21(26)17-5-8-20(25(27)28)16(3)13-17/h5-8,13-14H,4,9-12H2,1-3H3,(H,22,26).